The molecule has 0 spiro atoms. The Morgan fingerprint density at radius 1 is 1.24 bits per heavy atom. The summed E-state index contributed by atoms with van der Waals surface area (Å²) in [6.07, 6.45) is 1.62. The molecular weight excluding hydrogens is 490 g/mol. The Balaban J connectivity index is 1.67. The molecule has 0 amide bonds. The fourth-order valence-corrected chi connectivity index (χ4v) is 5.03. The van der Waals surface area contributed by atoms with E-state index in [1.54, 1.807) is 11.8 Å². The number of nitrogen functional groups attached to an aromatic ring is 1. The number of fused-ring (bicyclic) bond motifs is 1. The Morgan fingerprint density at radius 3 is 2.41 bits per heavy atom. The van der Waals surface area contributed by atoms with Crippen LogP contribution in [-0.2, 0) is 9.78 Å². The van der Waals surface area contributed by atoms with E-state index in [0.29, 0.717) is 18.6 Å². The zero-order valence-corrected chi connectivity index (χ0v) is 21.0. The average Bonchev–Trinajstić information content (AvgIpc) is 3.65. The van der Waals surface area contributed by atoms with Crippen LogP contribution in [0.15, 0.2) is 23.3 Å². The van der Waals surface area contributed by atoms with Gasteiger partial charge in [0.05, 0.1) is 22.7 Å². The number of aromatic nitrogens is 1. The molecule has 202 valence electrons. The Kier molecular flexibility index (Phi) is 7.45. The van der Waals surface area contributed by atoms with Gasteiger partial charge in [-0.15, -0.1) is 0 Å². The van der Waals surface area contributed by atoms with Gasteiger partial charge in [-0.1, -0.05) is 6.58 Å². The number of halogens is 2. The summed E-state index contributed by atoms with van der Waals surface area (Å²) < 4.78 is 33.1. The van der Waals surface area contributed by atoms with Crippen LogP contribution in [0.4, 0.5) is 20.2 Å². The molecule has 1 saturated carbocycles. The van der Waals surface area contributed by atoms with E-state index in [-0.39, 0.29) is 55.6 Å². The number of aromatic carboxylic acids is 1. The lowest BCUT2D eigenvalue weighted by Crippen LogP contribution is -2.59. The molecule has 4 rings (SSSR count). The highest BCUT2D eigenvalue weighted by atomic mass is 19.1. The molecule has 1 aliphatic carbocycles. The summed E-state index contributed by atoms with van der Waals surface area (Å²) in [4.78, 5) is 37.8. The maximum atomic E-state index is 16.1. The number of carboxylic acid groups (broad SMARTS) is 1. The molecule has 1 aromatic carbocycles. The van der Waals surface area contributed by atoms with Crippen LogP contribution in [0.1, 0.15) is 50.0 Å². The zero-order chi connectivity index (χ0) is 27.2. The lowest BCUT2D eigenvalue weighted by atomic mass is 10.0. The van der Waals surface area contributed by atoms with Crippen LogP contribution in [0.2, 0.25) is 0 Å². The van der Waals surface area contributed by atoms with Crippen molar-refractivity contribution in [2.24, 2.45) is 0 Å². The van der Waals surface area contributed by atoms with E-state index in [2.05, 4.69) is 6.58 Å². The Bertz CT molecular complexity index is 1280. The van der Waals surface area contributed by atoms with Crippen LogP contribution in [0.5, 0.6) is 0 Å². The summed E-state index contributed by atoms with van der Waals surface area (Å²) in [6, 6.07) is -0.618. The molecule has 0 bridgehead atoms. The number of allylic oxidation sites excluding steroid dienone is 1. The van der Waals surface area contributed by atoms with Crippen molar-refractivity contribution in [3.05, 3.63) is 46.0 Å². The number of pyridine rings is 1. The minimum absolute atomic E-state index is 0.0754. The number of anilines is 2. The fourth-order valence-electron chi connectivity index (χ4n) is 5.03. The van der Waals surface area contributed by atoms with Crippen LogP contribution in [0, 0.1) is 11.6 Å². The predicted molar refractivity (Wildman–Crippen MR) is 133 cm³/mol. The van der Waals surface area contributed by atoms with E-state index in [1.807, 2.05) is 18.7 Å². The van der Waals surface area contributed by atoms with Crippen molar-refractivity contribution in [1.82, 2.24) is 9.47 Å². The number of benzene rings is 1. The van der Waals surface area contributed by atoms with Gasteiger partial charge in [0, 0.05) is 44.0 Å². The van der Waals surface area contributed by atoms with E-state index in [9.17, 15) is 19.8 Å². The van der Waals surface area contributed by atoms with E-state index in [4.69, 9.17) is 15.5 Å². The highest BCUT2D eigenvalue weighted by molar-refractivity contribution is 5.99. The maximum absolute atomic E-state index is 16.1. The van der Waals surface area contributed by atoms with E-state index < -0.39 is 45.8 Å². The highest BCUT2D eigenvalue weighted by Crippen LogP contribution is 2.42. The molecule has 1 saturated heterocycles. The number of hydrogen-bond acceptors (Lipinski definition) is 8. The molecule has 1 unspecified atom stereocenters. The predicted octanol–water partition coefficient (Wildman–Crippen LogP) is 2.64. The molecule has 3 atom stereocenters. The summed E-state index contributed by atoms with van der Waals surface area (Å²) in [5.74, 6) is -3.17. The minimum atomic E-state index is -1.48. The molecule has 2 heterocycles. The van der Waals surface area contributed by atoms with Gasteiger partial charge in [-0.05, 0) is 33.6 Å². The monoisotopic (exact) mass is 522 g/mol. The van der Waals surface area contributed by atoms with Crippen LogP contribution in [0.25, 0.3) is 10.9 Å². The largest absolute Gasteiger partial charge is 0.477 e. The van der Waals surface area contributed by atoms with Crippen molar-refractivity contribution in [2.45, 2.75) is 57.8 Å². The third kappa shape index (κ3) is 5.13. The lowest BCUT2D eigenvalue weighted by Gasteiger charge is -2.46. The van der Waals surface area contributed by atoms with Crippen molar-refractivity contribution in [3.63, 3.8) is 0 Å². The first-order chi connectivity index (χ1) is 17.4. The molecule has 4 N–H and O–H groups in total. The second kappa shape index (κ2) is 10.3. The molecule has 0 radical (unpaired) electrons. The Morgan fingerprint density at radius 2 is 1.86 bits per heavy atom. The molecule has 37 heavy (non-hydrogen) atoms. The third-order valence-corrected chi connectivity index (χ3v) is 6.84. The number of hydrogen-bond donors (Lipinski definition) is 3. The number of aliphatic hydroxyl groups is 1. The number of nitrogens with two attached hydrogens (primary N) is 1. The lowest BCUT2D eigenvalue weighted by molar-refractivity contribution is -0.274. The van der Waals surface area contributed by atoms with Crippen LogP contribution in [-0.4, -0.2) is 70.1 Å². The zero-order valence-electron chi connectivity index (χ0n) is 21.0. The number of aliphatic hydroxyl groups excluding tert-OH is 1. The van der Waals surface area contributed by atoms with Crippen molar-refractivity contribution < 1.29 is 33.6 Å². The normalized spacial score (nSPS) is 21.3. The van der Waals surface area contributed by atoms with Gasteiger partial charge >= 0.3 is 5.97 Å². The van der Waals surface area contributed by atoms with Gasteiger partial charge in [-0.25, -0.2) is 13.6 Å². The molecule has 2 fully saturated rings. The molecule has 10 nitrogen and oxygen atoms in total. The standard InChI is InChI=1S/C25H32F2N4O6/c1-12(2)37-36-11-16(32)9-30-13(3)7-29(8-14(30)4)23-19(26)21(28)18-22(20(23)27)31(15-5-6-15)10-17(24(18)33)25(34)35/h10,13-16,32H,1,5-9,11,28H2,2-4H3,(H,34,35)/t13-,14+,16?. The number of piperazine rings is 1. The number of carboxylic acids is 1. The van der Waals surface area contributed by atoms with Crippen molar-refractivity contribution in [1.29, 1.82) is 0 Å². The molecule has 2 aliphatic rings. The van der Waals surface area contributed by atoms with Gasteiger partial charge in [-0.3, -0.25) is 9.69 Å². The average molecular weight is 523 g/mol. The van der Waals surface area contributed by atoms with Crippen molar-refractivity contribution in [2.75, 3.05) is 36.9 Å². The van der Waals surface area contributed by atoms with E-state index >= 15 is 8.78 Å². The van der Waals surface area contributed by atoms with Gasteiger partial charge in [0.2, 0.25) is 5.43 Å². The Hall–Kier alpha value is -3.22. The molecule has 1 aliphatic heterocycles. The maximum Gasteiger partial charge on any atom is 0.341 e. The molecule has 2 aromatic rings. The molecule has 12 heteroatoms. The molecule has 1 aromatic heterocycles. The number of β-amino-alcohol motifs (C(OH)–C–C–N with tert-alkyl or cyclic N) is 1. The summed E-state index contributed by atoms with van der Waals surface area (Å²) in [5.41, 5.74) is 3.34. The van der Waals surface area contributed by atoms with Gasteiger partial charge < -0.3 is 30.3 Å². The molecular formula is C25H32F2N4O6. The number of nitrogens with zero attached hydrogens (tertiary/aromatic N) is 3. The van der Waals surface area contributed by atoms with Crippen LogP contribution >= 0.6 is 0 Å². The first-order valence-corrected chi connectivity index (χ1v) is 12.1. The first-order valence-electron chi connectivity index (χ1n) is 12.1. The summed E-state index contributed by atoms with van der Waals surface area (Å²) in [7, 11) is 0. The van der Waals surface area contributed by atoms with Crippen molar-refractivity contribution >= 4 is 28.2 Å². The fraction of sp³-hybridized carbons (Fsp3) is 0.520. The Labute approximate surface area is 212 Å². The summed E-state index contributed by atoms with van der Waals surface area (Å²) >= 11 is 0. The second-order valence-electron chi connectivity index (χ2n) is 9.95. The quantitative estimate of drug-likeness (QED) is 0.197. The third-order valence-electron chi connectivity index (χ3n) is 6.84. The highest BCUT2D eigenvalue weighted by Gasteiger charge is 2.37. The second-order valence-corrected chi connectivity index (χ2v) is 9.95. The first kappa shape index (κ1) is 26.8. The topological polar surface area (TPSA) is 130 Å². The van der Waals surface area contributed by atoms with Gasteiger partial charge in [0.25, 0.3) is 0 Å². The van der Waals surface area contributed by atoms with Crippen molar-refractivity contribution in [3.8, 4) is 0 Å². The SMILES string of the molecule is C=C(C)OOCC(O)CN1[C@H](C)CN(c2c(F)c(N)c3c(=O)c(C(=O)O)cn(C4CC4)c3c2F)C[C@@H]1C. The van der Waals surface area contributed by atoms with Crippen LogP contribution < -0.4 is 16.1 Å². The smallest absolute Gasteiger partial charge is 0.341 e. The van der Waals surface area contributed by atoms with Gasteiger partial charge in [0.1, 0.15) is 23.6 Å². The van der Waals surface area contributed by atoms with E-state index in [1.165, 1.54) is 4.57 Å². The summed E-state index contributed by atoms with van der Waals surface area (Å²) in [5, 5.41) is 19.4. The van der Waals surface area contributed by atoms with E-state index in [0.717, 1.165) is 6.20 Å². The number of rotatable bonds is 9. The number of carbonyl (C=O) groups is 1. The van der Waals surface area contributed by atoms with Gasteiger partial charge in [0.15, 0.2) is 11.6 Å². The van der Waals surface area contributed by atoms with Gasteiger partial charge in [-0.2, -0.15) is 4.89 Å². The summed E-state index contributed by atoms with van der Waals surface area (Å²) in [6.45, 7) is 9.53. The van der Waals surface area contributed by atoms with Crippen LogP contribution in [0.3, 0.4) is 0 Å². The minimum Gasteiger partial charge on any atom is -0.477 e.